The van der Waals surface area contributed by atoms with Crippen molar-refractivity contribution in [2.24, 2.45) is 0 Å². The molecule has 3 heterocycles. The Morgan fingerprint density at radius 1 is 1.28 bits per heavy atom. The van der Waals surface area contributed by atoms with Gasteiger partial charge in [-0.25, -0.2) is 0 Å². The van der Waals surface area contributed by atoms with Crippen molar-refractivity contribution in [1.29, 1.82) is 0 Å². The average Bonchev–Trinajstić information content (AvgIpc) is 3.42. The van der Waals surface area contributed by atoms with Gasteiger partial charge in [0.2, 0.25) is 0 Å². The van der Waals surface area contributed by atoms with Gasteiger partial charge in [0.05, 0.1) is 6.26 Å². The monoisotopic (exact) mass is 394 g/mol. The Hall–Kier alpha value is -3.09. The number of para-hydroxylation sites is 1. The zero-order valence-electron chi connectivity index (χ0n) is 16.8. The molecule has 1 unspecified atom stereocenters. The third-order valence-electron chi connectivity index (χ3n) is 5.31. The molecule has 7 heteroatoms. The van der Waals surface area contributed by atoms with Crippen molar-refractivity contribution in [2.75, 3.05) is 13.1 Å². The highest BCUT2D eigenvalue weighted by atomic mass is 16.5. The van der Waals surface area contributed by atoms with E-state index in [-0.39, 0.29) is 17.9 Å². The fourth-order valence-corrected chi connectivity index (χ4v) is 3.77. The molecule has 0 radical (unpaired) electrons. The molecule has 29 heavy (non-hydrogen) atoms. The Bertz CT molecular complexity index is 948. The lowest BCUT2D eigenvalue weighted by molar-refractivity contribution is 0.0667. The molecule has 0 bridgehead atoms. The van der Waals surface area contributed by atoms with E-state index in [2.05, 4.69) is 28.6 Å². The van der Waals surface area contributed by atoms with E-state index < -0.39 is 0 Å². The second-order valence-electron chi connectivity index (χ2n) is 7.66. The predicted octanol–water partition coefficient (Wildman–Crippen LogP) is 4.05. The molecule has 0 saturated carbocycles. The maximum absolute atomic E-state index is 13.2. The first-order valence-corrected chi connectivity index (χ1v) is 10.1. The Morgan fingerprint density at radius 2 is 2.10 bits per heavy atom. The van der Waals surface area contributed by atoms with Gasteiger partial charge in [-0.2, -0.15) is 0 Å². The number of amides is 1. The maximum Gasteiger partial charge on any atom is 0.289 e. The number of furan rings is 1. The number of likely N-dealkylation sites (tertiary alicyclic amines) is 1. The average molecular weight is 394 g/mol. The van der Waals surface area contributed by atoms with Gasteiger partial charge in [0.25, 0.3) is 5.91 Å². The van der Waals surface area contributed by atoms with E-state index in [4.69, 9.17) is 9.15 Å². The summed E-state index contributed by atoms with van der Waals surface area (Å²) in [6.07, 6.45) is 5.25. The number of piperidine rings is 1. The van der Waals surface area contributed by atoms with Crippen LogP contribution in [0.4, 0.5) is 0 Å². The van der Waals surface area contributed by atoms with Crippen molar-refractivity contribution in [1.82, 2.24) is 19.7 Å². The molecule has 0 N–H and O–H groups in total. The molecule has 3 aromatic rings. The van der Waals surface area contributed by atoms with E-state index >= 15 is 0 Å². The third kappa shape index (κ3) is 4.18. The first kappa shape index (κ1) is 19.2. The third-order valence-corrected chi connectivity index (χ3v) is 5.31. The normalized spacial score (nSPS) is 16.9. The summed E-state index contributed by atoms with van der Waals surface area (Å²) in [4.78, 5) is 15.0. The van der Waals surface area contributed by atoms with Crippen molar-refractivity contribution in [3.05, 3.63) is 66.1 Å². The van der Waals surface area contributed by atoms with E-state index in [9.17, 15) is 4.79 Å². The Kier molecular flexibility index (Phi) is 5.64. The number of carbonyl (C=O) groups excluding carboxylic acids is 1. The molecule has 1 fully saturated rings. The van der Waals surface area contributed by atoms with Crippen molar-refractivity contribution in [3.63, 3.8) is 0 Å². The Morgan fingerprint density at radius 3 is 2.90 bits per heavy atom. The van der Waals surface area contributed by atoms with Crippen LogP contribution >= 0.6 is 0 Å². The zero-order valence-corrected chi connectivity index (χ0v) is 16.8. The molecule has 152 valence electrons. The van der Waals surface area contributed by atoms with Gasteiger partial charge in [0.15, 0.2) is 5.76 Å². The van der Waals surface area contributed by atoms with Crippen molar-refractivity contribution in [3.8, 4) is 5.75 Å². The van der Waals surface area contributed by atoms with Crippen LogP contribution in [-0.4, -0.2) is 38.7 Å². The molecule has 1 aliphatic rings. The maximum atomic E-state index is 13.2. The highest BCUT2D eigenvalue weighted by Crippen LogP contribution is 2.28. The summed E-state index contributed by atoms with van der Waals surface area (Å²) >= 11 is 0. The fourth-order valence-electron chi connectivity index (χ4n) is 3.77. The van der Waals surface area contributed by atoms with E-state index in [0.29, 0.717) is 25.5 Å². The van der Waals surface area contributed by atoms with Crippen LogP contribution in [0.2, 0.25) is 0 Å². The first-order chi connectivity index (χ1) is 14.1. The predicted molar refractivity (Wildman–Crippen MR) is 108 cm³/mol. The van der Waals surface area contributed by atoms with Gasteiger partial charge in [-0.05, 0) is 44.9 Å². The highest BCUT2D eigenvalue weighted by Gasteiger charge is 2.31. The lowest BCUT2D eigenvalue weighted by Crippen LogP contribution is -2.40. The number of aromatic nitrogens is 3. The Balaban J connectivity index is 1.46. The minimum Gasteiger partial charge on any atom is -0.489 e. The van der Waals surface area contributed by atoms with Crippen LogP contribution in [0.15, 0.2) is 53.4 Å². The highest BCUT2D eigenvalue weighted by molar-refractivity contribution is 5.93. The van der Waals surface area contributed by atoms with Gasteiger partial charge in [0, 0.05) is 30.6 Å². The number of nitrogens with zero attached hydrogens (tertiary/aromatic N) is 4. The number of ether oxygens (including phenoxy) is 1. The van der Waals surface area contributed by atoms with Crippen molar-refractivity contribution >= 4 is 5.91 Å². The van der Waals surface area contributed by atoms with Crippen LogP contribution in [0.3, 0.4) is 0 Å². The number of hydrogen-bond acceptors (Lipinski definition) is 5. The standard InChI is InChI=1S/C22H26N4O3/c1-16(2)26-15-23-24-21(26)17-7-6-11-25(13-17)22(27)20-18(10-12-28-20)14-29-19-8-4-3-5-9-19/h3-5,8-10,12,15-17H,6-7,11,13-14H2,1-2H3. The van der Waals surface area contributed by atoms with E-state index in [1.165, 1.54) is 0 Å². The summed E-state index contributed by atoms with van der Waals surface area (Å²) in [5.41, 5.74) is 0.756. The van der Waals surface area contributed by atoms with Gasteiger partial charge in [-0.1, -0.05) is 18.2 Å². The quantitative estimate of drug-likeness (QED) is 0.631. The van der Waals surface area contributed by atoms with Crippen molar-refractivity contribution < 1.29 is 13.9 Å². The molecule has 0 spiro atoms. The number of carbonyl (C=O) groups is 1. The molecule has 1 saturated heterocycles. The van der Waals surface area contributed by atoms with Crippen LogP contribution < -0.4 is 4.74 Å². The zero-order chi connectivity index (χ0) is 20.2. The molecule has 4 rings (SSSR count). The first-order valence-electron chi connectivity index (χ1n) is 10.1. The fraction of sp³-hybridized carbons (Fsp3) is 0.409. The number of benzene rings is 1. The molecule has 7 nitrogen and oxygen atoms in total. The molecule has 1 aliphatic heterocycles. The van der Waals surface area contributed by atoms with Gasteiger partial charge in [-0.15, -0.1) is 10.2 Å². The molecule has 0 aliphatic carbocycles. The minimum absolute atomic E-state index is 0.0954. The molecule has 1 aromatic carbocycles. The molecular formula is C22H26N4O3. The Labute approximate surface area is 170 Å². The summed E-state index contributed by atoms with van der Waals surface area (Å²) in [5.74, 6) is 2.15. The second kappa shape index (κ2) is 8.51. The van der Waals surface area contributed by atoms with Gasteiger partial charge >= 0.3 is 0 Å². The lowest BCUT2D eigenvalue weighted by Gasteiger charge is -2.32. The van der Waals surface area contributed by atoms with Crippen molar-refractivity contribution in [2.45, 2.75) is 45.3 Å². The van der Waals surface area contributed by atoms with Gasteiger partial charge in [0.1, 0.15) is 24.5 Å². The van der Waals surface area contributed by atoms with E-state index in [1.807, 2.05) is 35.2 Å². The topological polar surface area (TPSA) is 73.4 Å². The lowest BCUT2D eigenvalue weighted by atomic mass is 9.96. The second-order valence-corrected chi connectivity index (χ2v) is 7.66. The number of rotatable bonds is 6. The molecule has 1 atom stereocenters. The number of hydrogen-bond donors (Lipinski definition) is 0. The van der Waals surface area contributed by atoms with E-state index in [1.54, 1.807) is 18.7 Å². The van der Waals surface area contributed by atoms with Crippen LogP contribution in [0.1, 0.15) is 60.6 Å². The summed E-state index contributed by atoms with van der Waals surface area (Å²) in [5, 5.41) is 8.41. The summed E-state index contributed by atoms with van der Waals surface area (Å²) in [6.45, 7) is 5.84. The molecular weight excluding hydrogens is 368 g/mol. The summed E-state index contributed by atoms with van der Waals surface area (Å²) < 4.78 is 13.4. The van der Waals surface area contributed by atoms with Gasteiger partial charge < -0.3 is 18.6 Å². The van der Waals surface area contributed by atoms with Gasteiger partial charge in [-0.3, -0.25) is 4.79 Å². The SMILES string of the molecule is CC(C)n1cnnc1C1CCCN(C(=O)c2occc2COc2ccccc2)C1. The van der Waals surface area contributed by atoms with Crippen LogP contribution in [0, 0.1) is 0 Å². The smallest absolute Gasteiger partial charge is 0.289 e. The minimum atomic E-state index is -0.0954. The van der Waals surface area contributed by atoms with E-state index in [0.717, 1.165) is 30.0 Å². The summed E-state index contributed by atoms with van der Waals surface area (Å²) in [7, 11) is 0. The summed E-state index contributed by atoms with van der Waals surface area (Å²) in [6, 6.07) is 11.6. The molecule has 2 aromatic heterocycles. The molecule has 1 amide bonds. The van der Waals surface area contributed by atoms with Crippen LogP contribution in [-0.2, 0) is 6.61 Å². The van der Waals surface area contributed by atoms with Crippen LogP contribution in [0.5, 0.6) is 5.75 Å². The van der Waals surface area contributed by atoms with Crippen LogP contribution in [0.25, 0.3) is 0 Å². The largest absolute Gasteiger partial charge is 0.489 e.